The van der Waals surface area contributed by atoms with Crippen LogP contribution < -0.4 is 5.32 Å². The lowest BCUT2D eigenvalue weighted by molar-refractivity contribution is -0.137. The van der Waals surface area contributed by atoms with Gasteiger partial charge < -0.3 is 15.3 Å². The maximum Gasteiger partial charge on any atom is 0.323 e. The Balaban J connectivity index is 2.45. The van der Waals surface area contributed by atoms with Crippen LogP contribution in [0.4, 0.5) is 4.79 Å². The average molecular weight is 285 g/mol. The van der Waals surface area contributed by atoms with E-state index in [9.17, 15) is 9.59 Å². The number of urea groups is 1. The van der Waals surface area contributed by atoms with Gasteiger partial charge in [0.15, 0.2) is 0 Å². The van der Waals surface area contributed by atoms with Gasteiger partial charge in [-0.15, -0.1) is 11.3 Å². The highest BCUT2D eigenvalue weighted by Gasteiger charge is 2.17. The maximum atomic E-state index is 11.9. The van der Waals surface area contributed by atoms with Gasteiger partial charge in [-0.3, -0.25) is 4.79 Å². The molecule has 0 spiro atoms. The molecule has 0 aliphatic carbocycles. The minimum Gasteiger partial charge on any atom is -0.480 e. The summed E-state index contributed by atoms with van der Waals surface area (Å²) < 4.78 is 0. The van der Waals surface area contributed by atoms with Crippen LogP contribution >= 0.6 is 11.3 Å². The van der Waals surface area contributed by atoms with E-state index in [-0.39, 0.29) is 18.5 Å². The van der Waals surface area contributed by atoms with E-state index in [2.05, 4.69) is 10.3 Å². The minimum absolute atomic E-state index is 0.122. The lowest BCUT2D eigenvalue weighted by Gasteiger charge is -2.21. The summed E-state index contributed by atoms with van der Waals surface area (Å²) in [5, 5.41) is 14.4. The van der Waals surface area contributed by atoms with E-state index in [1.54, 1.807) is 17.5 Å². The summed E-state index contributed by atoms with van der Waals surface area (Å²) in [5.41, 5.74) is 0. The number of thiazole rings is 1. The average Bonchev–Trinajstić information content (AvgIpc) is 2.88. The van der Waals surface area contributed by atoms with Crippen LogP contribution in [0.2, 0.25) is 0 Å². The molecule has 1 unspecified atom stereocenters. The number of hydrogen-bond acceptors (Lipinski definition) is 4. The lowest BCUT2D eigenvalue weighted by atomic mass is 10.2. The van der Waals surface area contributed by atoms with Crippen molar-refractivity contribution in [3.63, 3.8) is 0 Å². The molecule has 2 amide bonds. The van der Waals surface area contributed by atoms with Crippen molar-refractivity contribution >= 4 is 23.3 Å². The second kappa shape index (κ2) is 7.73. The topological polar surface area (TPSA) is 82.5 Å². The second-order valence-electron chi connectivity index (χ2n) is 4.27. The fraction of sp³-hybridized carbons (Fsp3) is 0.583. The van der Waals surface area contributed by atoms with Gasteiger partial charge in [0.25, 0.3) is 0 Å². The zero-order valence-corrected chi connectivity index (χ0v) is 11.9. The molecule has 0 aliphatic rings. The quantitative estimate of drug-likeness (QED) is 0.799. The van der Waals surface area contributed by atoms with Gasteiger partial charge in [-0.25, -0.2) is 9.78 Å². The number of carboxylic acid groups (broad SMARTS) is 1. The summed E-state index contributed by atoms with van der Waals surface area (Å²) in [6.45, 7) is 4.49. The van der Waals surface area contributed by atoms with Crippen molar-refractivity contribution < 1.29 is 14.7 Å². The molecule has 0 saturated heterocycles. The molecule has 0 saturated carbocycles. The number of aromatic nitrogens is 1. The lowest BCUT2D eigenvalue weighted by Crippen LogP contribution is -2.44. The van der Waals surface area contributed by atoms with Gasteiger partial charge in [-0.05, 0) is 6.42 Å². The number of carbonyl (C=O) groups is 2. The van der Waals surface area contributed by atoms with Crippen molar-refractivity contribution in [3.05, 3.63) is 16.6 Å². The molecular weight excluding hydrogens is 266 g/mol. The number of rotatable bonds is 7. The molecule has 0 aliphatic heterocycles. The first-order valence-electron chi connectivity index (χ1n) is 6.18. The first-order valence-corrected chi connectivity index (χ1v) is 7.06. The van der Waals surface area contributed by atoms with Crippen LogP contribution in [-0.2, 0) is 4.79 Å². The molecule has 7 heteroatoms. The first kappa shape index (κ1) is 15.4. The van der Waals surface area contributed by atoms with Crippen LogP contribution in [0, 0.1) is 0 Å². The SMILES string of the molecule is CCCN(CC(=O)O)C(=O)NCC(C)c1nccs1. The Labute approximate surface area is 116 Å². The molecule has 1 heterocycles. The fourth-order valence-corrected chi connectivity index (χ4v) is 2.30. The summed E-state index contributed by atoms with van der Waals surface area (Å²) in [6.07, 6.45) is 2.45. The molecule has 2 N–H and O–H groups in total. The summed E-state index contributed by atoms with van der Waals surface area (Å²) in [5.74, 6) is -0.881. The molecular formula is C12H19N3O3S. The van der Waals surface area contributed by atoms with Gasteiger partial charge in [0.2, 0.25) is 0 Å². The van der Waals surface area contributed by atoms with Crippen LogP contribution in [0.1, 0.15) is 31.2 Å². The van der Waals surface area contributed by atoms with Crippen molar-refractivity contribution in [2.24, 2.45) is 0 Å². The third-order valence-corrected chi connectivity index (χ3v) is 3.55. The molecule has 0 radical (unpaired) electrons. The van der Waals surface area contributed by atoms with E-state index in [0.717, 1.165) is 11.4 Å². The molecule has 1 atom stereocenters. The number of hydrogen-bond donors (Lipinski definition) is 2. The van der Waals surface area contributed by atoms with Crippen molar-refractivity contribution in [2.45, 2.75) is 26.2 Å². The second-order valence-corrected chi connectivity index (χ2v) is 5.20. The molecule has 0 aromatic carbocycles. The van der Waals surface area contributed by atoms with Crippen LogP contribution in [0.15, 0.2) is 11.6 Å². The molecule has 1 aromatic heterocycles. The van der Waals surface area contributed by atoms with E-state index < -0.39 is 5.97 Å². The van der Waals surface area contributed by atoms with E-state index in [1.807, 2.05) is 19.2 Å². The maximum absolute atomic E-state index is 11.9. The Hall–Kier alpha value is -1.63. The number of nitrogens with one attached hydrogen (secondary N) is 1. The number of aliphatic carboxylic acids is 1. The molecule has 6 nitrogen and oxygen atoms in total. The predicted molar refractivity (Wildman–Crippen MR) is 73.4 cm³/mol. The highest BCUT2D eigenvalue weighted by molar-refractivity contribution is 7.09. The molecule has 0 bridgehead atoms. The highest BCUT2D eigenvalue weighted by Crippen LogP contribution is 2.16. The summed E-state index contributed by atoms with van der Waals surface area (Å²) in [6, 6.07) is -0.340. The highest BCUT2D eigenvalue weighted by atomic mass is 32.1. The zero-order valence-electron chi connectivity index (χ0n) is 11.1. The standard InChI is InChI=1S/C12H19N3O3S/c1-3-5-15(8-10(16)17)12(18)14-7-9(2)11-13-4-6-19-11/h4,6,9H,3,5,7-8H2,1-2H3,(H,14,18)(H,16,17). The zero-order chi connectivity index (χ0) is 14.3. The minimum atomic E-state index is -1.00. The number of nitrogens with zero attached hydrogens (tertiary/aromatic N) is 2. The van der Waals surface area contributed by atoms with E-state index in [0.29, 0.717) is 13.1 Å². The predicted octanol–water partition coefficient (Wildman–Crippen LogP) is 1.75. The van der Waals surface area contributed by atoms with Crippen molar-refractivity contribution in [3.8, 4) is 0 Å². The third-order valence-electron chi connectivity index (χ3n) is 2.54. The monoisotopic (exact) mass is 285 g/mol. The van der Waals surface area contributed by atoms with Crippen LogP contribution in [-0.4, -0.2) is 46.6 Å². The van der Waals surface area contributed by atoms with E-state index >= 15 is 0 Å². The van der Waals surface area contributed by atoms with E-state index in [1.165, 1.54) is 4.90 Å². The van der Waals surface area contributed by atoms with Gasteiger partial charge >= 0.3 is 12.0 Å². The number of carbonyl (C=O) groups excluding carboxylic acids is 1. The third kappa shape index (κ3) is 5.25. The van der Waals surface area contributed by atoms with Gasteiger partial charge in [0.1, 0.15) is 6.54 Å². The number of amides is 2. The van der Waals surface area contributed by atoms with Crippen LogP contribution in [0.5, 0.6) is 0 Å². The smallest absolute Gasteiger partial charge is 0.323 e. The summed E-state index contributed by atoms with van der Waals surface area (Å²) in [7, 11) is 0. The Bertz CT molecular complexity index is 408. The summed E-state index contributed by atoms with van der Waals surface area (Å²) in [4.78, 5) is 28.0. The number of carboxylic acids is 1. The van der Waals surface area contributed by atoms with Crippen molar-refractivity contribution in [1.29, 1.82) is 0 Å². The normalized spacial score (nSPS) is 11.9. The Morgan fingerprint density at radius 3 is 2.84 bits per heavy atom. The first-order chi connectivity index (χ1) is 9.04. The van der Waals surface area contributed by atoms with Gasteiger partial charge in [-0.2, -0.15) is 0 Å². The van der Waals surface area contributed by atoms with Crippen LogP contribution in [0.3, 0.4) is 0 Å². The van der Waals surface area contributed by atoms with Gasteiger partial charge in [-0.1, -0.05) is 13.8 Å². The van der Waals surface area contributed by atoms with Crippen molar-refractivity contribution in [2.75, 3.05) is 19.6 Å². The van der Waals surface area contributed by atoms with Gasteiger partial charge in [0, 0.05) is 30.6 Å². The largest absolute Gasteiger partial charge is 0.480 e. The van der Waals surface area contributed by atoms with Crippen LogP contribution in [0.25, 0.3) is 0 Å². The fourth-order valence-electron chi connectivity index (χ4n) is 1.60. The molecule has 0 fully saturated rings. The molecule has 106 valence electrons. The Morgan fingerprint density at radius 2 is 2.32 bits per heavy atom. The van der Waals surface area contributed by atoms with E-state index in [4.69, 9.17) is 5.11 Å². The molecule has 1 rings (SSSR count). The van der Waals surface area contributed by atoms with Crippen molar-refractivity contribution in [1.82, 2.24) is 15.2 Å². The Morgan fingerprint density at radius 1 is 1.58 bits per heavy atom. The summed E-state index contributed by atoms with van der Waals surface area (Å²) >= 11 is 1.54. The molecule has 1 aromatic rings. The van der Waals surface area contributed by atoms with Gasteiger partial charge in [0.05, 0.1) is 5.01 Å². The molecule has 19 heavy (non-hydrogen) atoms. The Kier molecular flexibility index (Phi) is 6.27.